The molecule has 0 fully saturated rings. The molecule has 0 atom stereocenters. The van der Waals surface area contributed by atoms with E-state index in [0.29, 0.717) is 5.75 Å². The standard InChI is InChI=1S/C14H12FNO2/c1-9-4-3-5-12(16-9)14(17)11-8-10(15)6-7-13(11)18-2/h3-8H,1-2H3. The smallest absolute Gasteiger partial charge is 0.215 e. The lowest BCUT2D eigenvalue weighted by atomic mass is 10.1. The van der Waals surface area contributed by atoms with Gasteiger partial charge in [-0.15, -0.1) is 0 Å². The Balaban J connectivity index is 2.48. The molecule has 0 aliphatic carbocycles. The van der Waals surface area contributed by atoms with Crippen LogP contribution in [0.2, 0.25) is 0 Å². The number of nitrogens with zero attached hydrogens (tertiary/aromatic N) is 1. The predicted octanol–water partition coefficient (Wildman–Crippen LogP) is 2.77. The molecule has 1 aromatic carbocycles. The lowest BCUT2D eigenvalue weighted by Crippen LogP contribution is -2.07. The summed E-state index contributed by atoms with van der Waals surface area (Å²) in [6, 6.07) is 8.96. The molecule has 0 aliphatic heterocycles. The van der Waals surface area contributed by atoms with Crippen molar-refractivity contribution in [2.75, 3.05) is 7.11 Å². The molecule has 92 valence electrons. The van der Waals surface area contributed by atoms with Crippen LogP contribution in [0.1, 0.15) is 21.7 Å². The number of aryl methyl sites for hydroxylation is 1. The average molecular weight is 245 g/mol. The number of rotatable bonds is 3. The zero-order valence-electron chi connectivity index (χ0n) is 10.1. The molecule has 0 saturated heterocycles. The third kappa shape index (κ3) is 2.37. The van der Waals surface area contributed by atoms with E-state index in [2.05, 4.69) is 4.98 Å². The van der Waals surface area contributed by atoms with Gasteiger partial charge in [-0.3, -0.25) is 4.79 Å². The Labute approximate surface area is 104 Å². The summed E-state index contributed by atoms with van der Waals surface area (Å²) in [4.78, 5) is 16.3. The first kappa shape index (κ1) is 12.2. The Morgan fingerprint density at radius 3 is 2.72 bits per heavy atom. The van der Waals surface area contributed by atoms with E-state index in [4.69, 9.17) is 4.74 Å². The normalized spacial score (nSPS) is 10.2. The SMILES string of the molecule is COc1ccc(F)cc1C(=O)c1cccc(C)n1. The van der Waals surface area contributed by atoms with Crippen LogP contribution in [-0.4, -0.2) is 17.9 Å². The van der Waals surface area contributed by atoms with Gasteiger partial charge in [0, 0.05) is 5.69 Å². The molecule has 0 bridgehead atoms. The topological polar surface area (TPSA) is 39.2 Å². The maximum atomic E-state index is 13.2. The van der Waals surface area contributed by atoms with Crippen molar-refractivity contribution in [3.8, 4) is 5.75 Å². The molecule has 0 aliphatic rings. The van der Waals surface area contributed by atoms with E-state index in [0.717, 1.165) is 11.8 Å². The van der Waals surface area contributed by atoms with Gasteiger partial charge in [-0.05, 0) is 37.3 Å². The first-order valence-electron chi connectivity index (χ1n) is 5.43. The van der Waals surface area contributed by atoms with Crippen LogP contribution in [-0.2, 0) is 0 Å². The van der Waals surface area contributed by atoms with Crippen LogP contribution in [0.5, 0.6) is 5.75 Å². The third-order valence-corrected chi connectivity index (χ3v) is 2.53. The van der Waals surface area contributed by atoms with E-state index >= 15 is 0 Å². The van der Waals surface area contributed by atoms with Crippen molar-refractivity contribution in [3.05, 3.63) is 59.2 Å². The van der Waals surface area contributed by atoms with E-state index in [1.54, 1.807) is 25.1 Å². The third-order valence-electron chi connectivity index (χ3n) is 2.53. The van der Waals surface area contributed by atoms with Gasteiger partial charge in [0.05, 0.1) is 12.7 Å². The summed E-state index contributed by atoms with van der Waals surface area (Å²) >= 11 is 0. The monoisotopic (exact) mass is 245 g/mol. The number of aromatic nitrogens is 1. The largest absolute Gasteiger partial charge is 0.496 e. The molecule has 0 spiro atoms. The second-order valence-electron chi connectivity index (χ2n) is 3.84. The number of hydrogen-bond donors (Lipinski definition) is 0. The van der Waals surface area contributed by atoms with Gasteiger partial charge in [-0.25, -0.2) is 9.37 Å². The molecule has 1 heterocycles. The van der Waals surface area contributed by atoms with Crippen molar-refractivity contribution in [3.63, 3.8) is 0 Å². The molecular weight excluding hydrogens is 233 g/mol. The highest BCUT2D eigenvalue weighted by atomic mass is 19.1. The number of ketones is 1. The Kier molecular flexibility index (Phi) is 3.37. The van der Waals surface area contributed by atoms with E-state index < -0.39 is 5.82 Å². The Hall–Kier alpha value is -2.23. The molecule has 2 aromatic rings. The highest BCUT2D eigenvalue weighted by Crippen LogP contribution is 2.22. The number of benzene rings is 1. The van der Waals surface area contributed by atoms with Gasteiger partial charge in [0.15, 0.2) is 0 Å². The van der Waals surface area contributed by atoms with Gasteiger partial charge in [0.1, 0.15) is 17.3 Å². The fraction of sp³-hybridized carbons (Fsp3) is 0.143. The zero-order chi connectivity index (χ0) is 13.1. The summed E-state index contributed by atoms with van der Waals surface area (Å²) in [6.45, 7) is 1.79. The number of methoxy groups -OCH3 is 1. The summed E-state index contributed by atoms with van der Waals surface area (Å²) in [6.07, 6.45) is 0. The van der Waals surface area contributed by atoms with Crippen LogP contribution in [0.15, 0.2) is 36.4 Å². The number of carbonyl (C=O) groups excluding carboxylic acids is 1. The molecule has 3 nitrogen and oxygen atoms in total. The molecule has 1 aromatic heterocycles. The van der Waals surface area contributed by atoms with Gasteiger partial charge in [-0.2, -0.15) is 0 Å². The Morgan fingerprint density at radius 2 is 2.06 bits per heavy atom. The van der Waals surface area contributed by atoms with Crippen molar-refractivity contribution in [2.45, 2.75) is 6.92 Å². The van der Waals surface area contributed by atoms with Gasteiger partial charge in [0.2, 0.25) is 5.78 Å². The van der Waals surface area contributed by atoms with Gasteiger partial charge in [-0.1, -0.05) is 6.07 Å². The molecule has 0 radical (unpaired) electrons. The van der Waals surface area contributed by atoms with E-state index in [9.17, 15) is 9.18 Å². The van der Waals surface area contributed by atoms with Crippen molar-refractivity contribution in [1.29, 1.82) is 0 Å². The van der Waals surface area contributed by atoms with Crippen LogP contribution in [0, 0.1) is 12.7 Å². The number of ether oxygens (including phenoxy) is 1. The second kappa shape index (κ2) is 4.96. The summed E-state index contributed by atoms with van der Waals surface area (Å²) < 4.78 is 18.3. The first-order chi connectivity index (χ1) is 8.61. The number of hydrogen-bond acceptors (Lipinski definition) is 3. The maximum absolute atomic E-state index is 13.2. The van der Waals surface area contributed by atoms with Crippen LogP contribution in [0.25, 0.3) is 0 Å². The number of pyridine rings is 1. The van der Waals surface area contributed by atoms with Crippen molar-refractivity contribution < 1.29 is 13.9 Å². The summed E-state index contributed by atoms with van der Waals surface area (Å²) in [5.41, 5.74) is 1.19. The van der Waals surface area contributed by atoms with Crippen LogP contribution < -0.4 is 4.74 Å². The molecule has 0 amide bonds. The summed E-state index contributed by atoms with van der Waals surface area (Å²) in [5.74, 6) is -0.494. The molecule has 4 heteroatoms. The molecular formula is C14H12FNO2. The lowest BCUT2D eigenvalue weighted by Gasteiger charge is -2.07. The molecule has 18 heavy (non-hydrogen) atoms. The van der Waals surface area contributed by atoms with E-state index in [1.807, 2.05) is 0 Å². The van der Waals surface area contributed by atoms with Gasteiger partial charge in [0.25, 0.3) is 0 Å². The predicted molar refractivity (Wildman–Crippen MR) is 65.4 cm³/mol. The summed E-state index contributed by atoms with van der Waals surface area (Å²) in [7, 11) is 1.44. The highest BCUT2D eigenvalue weighted by molar-refractivity contribution is 6.09. The fourth-order valence-electron chi connectivity index (χ4n) is 1.67. The Bertz CT molecular complexity index is 596. The minimum Gasteiger partial charge on any atom is -0.496 e. The van der Waals surface area contributed by atoms with Crippen LogP contribution in [0.4, 0.5) is 4.39 Å². The van der Waals surface area contributed by atoms with Crippen molar-refractivity contribution >= 4 is 5.78 Å². The van der Waals surface area contributed by atoms with Gasteiger partial charge >= 0.3 is 0 Å². The maximum Gasteiger partial charge on any atom is 0.215 e. The van der Waals surface area contributed by atoms with Gasteiger partial charge < -0.3 is 4.74 Å². The quantitative estimate of drug-likeness (QED) is 0.780. The van der Waals surface area contributed by atoms with Crippen molar-refractivity contribution in [1.82, 2.24) is 4.98 Å². The van der Waals surface area contributed by atoms with Crippen LogP contribution in [0.3, 0.4) is 0 Å². The molecule has 0 saturated carbocycles. The molecule has 0 N–H and O–H groups in total. The zero-order valence-corrected chi connectivity index (χ0v) is 10.1. The fourth-order valence-corrected chi connectivity index (χ4v) is 1.67. The number of carbonyl (C=O) groups is 1. The van der Waals surface area contributed by atoms with Crippen LogP contribution >= 0.6 is 0 Å². The second-order valence-corrected chi connectivity index (χ2v) is 3.84. The minimum absolute atomic E-state index is 0.176. The minimum atomic E-state index is -0.480. The number of halogens is 1. The Morgan fingerprint density at radius 1 is 1.28 bits per heavy atom. The molecule has 0 unspecified atom stereocenters. The van der Waals surface area contributed by atoms with Crippen molar-refractivity contribution in [2.24, 2.45) is 0 Å². The molecule has 2 rings (SSSR count). The van der Waals surface area contributed by atoms with E-state index in [1.165, 1.54) is 19.2 Å². The first-order valence-corrected chi connectivity index (χ1v) is 5.43. The highest BCUT2D eigenvalue weighted by Gasteiger charge is 2.16. The van der Waals surface area contributed by atoms with E-state index in [-0.39, 0.29) is 17.0 Å². The lowest BCUT2D eigenvalue weighted by molar-refractivity contribution is 0.103. The average Bonchev–Trinajstić information content (AvgIpc) is 2.38. The summed E-state index contributed by atoms with van der Waals surface area (Å²) in [5, 5.41) is 0.